The maximum Gasteiger partial charge on any atom is 0.408 e. The summed E-state index contributed by atoms with van der Waals surface area (Å²) in [5.41, 5.74) is -1.98. The Morgan fingerprint density at radius 3 is 2.68 bits per heavy atom. The average molecular weight is 354 g/mol. The summed E-state index contributed by atoms with van der Waals surface area (Å²) in [6.45, 7) is 0.0177. The first-order valence-electron chi connectivity index (χ1n) is 8.02. The minimum Gasteiger partial charge on any atom is -0.461 e. The molecule has 1 fully saturated rings. The third kappa shape index (κ3) is 3.15. The molecule has 134 valence electrons. The number of hydrogen-bond acceptors (Lipinski definition) is 4. The van der Waals surface area contributed by atoms with Crippen molar-refractivity contribution in [1.82, 2.24) is 0 Å². The van der Waals surface area contributed by atoms with E-state index in [4.69, 9.17) is 9.47 Å². The minimum absolute atomic E-state index is 0.0177. The molecule has 25 heavy (non-hydrogen) atoms. The number of alkyl halides is 3. The van der Waals surface area contributed by atoms with E-state index in [0.717, 1.165) is 5.56 Å². The van der Waals surface area contributed by atoms with Gasteiger partial charge in [-0.25, -0.2) is 0 Å². The zero-order valence-electron chi connectivity index (χ0n) is 13.3. The molecule has 0 radical (unpaired) electrons. The van der Waals surface area contributed by atoms with Crippen molar-refractivity contribution in [3.63, 3.8) is 0 Å². The second-order valence-corrected chi connectivity index (χ2v) is 6.20. The molecule has 1 saturated heterocycles. The van der Waals surface area contributed by atoms with Gasteiger partial charge in [-0.3, -0.25) is 9.59 Å². The summed E-state index contributed by atoms with van der Waals surface area (Å²) >= 11 is 0. The van der Waals surface area contributed by atoms with Gasteiger partial charge in [0, 0.05) is 0 Å². The number of carbonyl (C=O) groups excluding carboxylic acids is 2. The molecule has 2 atom stereocenters. The first-order chi connectivity index (χ1) is 11.8. The lowest BCUT2D eigenvalue weighted by atomic mass is 9.71. The van der Waals surface area contributed by atoms with Crippen LogP contribution >= 0.6 is 0 Å². The molecule has 3 rings (SSSR count). The highest BCUT2D eigenvalue weighted by Crippen LogP contribution is 2.56. The molecule has 0 saturated carbocycles. The molecule has 1 heterocycles. The van der Waals surface area contributed by atoms with Crippen LogP contribution in [0.2, 0.25) is 0 Å². The quantitative estimate of drug-likeness (QED) is 0.611. The van der Waals surface area contributed by atoms with E-state index in [1.165, 1.54) is 6.08 Å². The van der Waals surface area contributed by atoms with Crippen LogP contribution in [0.4, 0.5) is 13.2 Å². The first kappa shape index (κ1) is 17.5. The van der Waals surface area contributed by atoms with Gasteiger partial charge in [0.25, 0.3) is 0 Å². The molecule has 1 aliphatic heterocycles. The van der Waals surface area contributed by atoms with Crippen molar-refractivity contribution in [3.8, 4) is 0 Å². The molecular formula is C18H17F3O4. The molecule has 0 amide bonds. The van der Waals surface area contributed by atoms with Crippen molar-refractivity contribution in [2.24, 2.45) is 5.41 Å². The molecule has 4 nitrogen and oxygen atoms in total. The largest absolute Gasteiger partial charge is 0.461 e. The maximum absolute atomic E-state index is 13.6. The lowest BCUT2D eigenvalue weighted by molar-refractivity contribution is -0.215. The molecule has 0 aromatic heterocycles. The molecule has 2 aliphatic rings. The molecule has 0 N–H and O–H groups in total. The van der Waals surface area contributed by atoms with Crippen molar-refractivity contribution in [2.75, 3.05) is 0 Å². The van der Waals surface area contributed by atoms with Crippen LogP contribution in [-0.2, 0) is 25.7 Å². The number of carbonyl (C=O) groups is 2. The number of halogens is 3. The highest BCUT2D eigenvalue weighted by molar-refractivity contribution is 5.87. The van der Waals surface area contributed by atoms with Gasteiger partial charge in [0.15, 0.2) is 5.41 Å². The van der Waals surface area contributed by atoms with Crippen LogP contribution in [0.1, 0.15) is 31.2 Å². The summed E-state index contributed by atoms with van der Waals surface area (Å²) in [5.74, 6) is -2.02. The van der Waals surface area contributed by atoms with E-state index in [1.54, 1.807) is 24.3 Å². The predicted octanol–water partition coefficient (Wildman–Crippen LogP) is 3.70. The van der Waals surface area contributed by atoms with E-state index in [-0.39, 0.29) is 25.0 Å². The summed E-state index contributed by atoms with van der Waals surface area (Å²) in [7, 11) is 0. The van der Waals surface area contributed by atoms with Gasteiger partial charge < -0.3 is 9.47 Å². The summed E-state index contributed by atoms with van der Waals surface area (Å²) in [5, 5.41) is 0. The van der Waals surface area contributed by atoms with E-state index in [1.807, 2.05) is 6.07 Å². The lowest BCUT2D eigenvalue weighted by Crippen LogP contribution is -2.44. The van der Waals surface area contributed by atoms with Crippen molar-refractivity contribution in [2.45, 2.75) is 44.6 Å². The Kier molecular flexibility index (Phi) is 4.58. The van der Waals surface area contributed by atoms with Crippen LogP contribution in [0.3, 0.4) is 0 Å². The fourth-order valence-electron chi connectivity index (χ4n) is 3.38. The Balaban J connectivity index is 1.70. The van der Waals surface area contributed by atoms with Gasteiger partial charge in [0.2, 0.25) is 0 Å². The molecule has 1 aliphatic carbocycles. The highest BCUT2D eigenvalue weighted by atomic mass is 19.4. The van der Waals surface area contributed by atoms with Gasteiger partial charge in [0.05, 0.1) is 6.42 Å². The van der Waals surface area contributed by atoms with Crippen molar-refractivity contribution < 1.29 is 32.2 Å². The van der Waals surface area contributed by atoms with Gasteiger partial charge in [-0.05, 0) is 30.4 Å². The van der Waals surface area contributed by atoms with Gasteiger partial charge >= 0.3 is 18.1 Å². The smallest absolute Gasteiger partial charge is 0.408 e. The zero-order chi connectivity index (χ0) is 18.1. The van der Waals surface area contributed by atoms with E-state index in [9.17, 15) is 22.8 Å². The predicted molar refractivity (Wildman–Crippen MR) is 81.2 cm³/mol. The normalized spacial score (nSPS) is 25.8. The van der Waals surface area contributed by atoms with E-state index in [0.29, 0.717) is 6.42 Å². The van der Waals surface area contributed by atoms with Crippen LogP contribution in [-0.4, -0.2) is 24.2 Å². The number of esters is 2. The molecule has 0 unspecified atom stereocenters. The van der Waals surface area contributed by atoms with Crippen molar-refractivity contribution >= 4 is 11.9 Å². The Morgan fingerprint density at radius 1 is 1.28 bits per heavy atom. The molecule has 1 aromatic rings. The van der Waals surface area contributed by atoms with Crippen LogP contribution in [0, 0.1) is 5.41 Å². The number of rotatable bonds is 4. The lowest BCUT2D eigenvalue weighted by Gasteiger charge is -2.32. The minimum atomic E-state index is -4.74. The molecule has 1 aromatic carbocycles. The second kappa shape index (κ2) is 6.54. The number of ether oxygens (including phenoxy) is 2. The summed E-state index contributed by atoms with van der Waals surface area (Å²) in [6, 6.07) is 8.91. The molecular weight excluding hydrogens is 337 g/mol. The van der Waals surface area contributed by atoms with E-state index >= 15 is 0 Å². The summed E-state index contributed by atoms with van der Waals surface area (Å²) in [4.78, 5) is 24.0. The number of cyclic esters (lactones) is 1. The van der Waals surface area contributed by atoms with Gasteiger partial charge in [-0.15, -0.1) is 0 Å². The van der Waals surface area contributed by atoms with Gasteiger partial charge in [0.1, 0.15) is 12.7 Å². The number of benzene rings is 1. The molecule has 7 heteroatoms. The van der Waals surface area contributed by atoms with Gasteiger partial charge in [-0.2, -0.15) is 13.2 Å². The highest BCUT2D eigenvalue weighted by Gasteiger charge is 2.69. The van der Waals surface area contributed by atoms with E-state index < -0.39 is 36.1 Å². The average Bonchev–Trinajstić information content (AvgIpc) is 2.87. The topological polar surface area (TPSA) is 52.6 Å². The fourth-order valence-corrected chi connectivity index (χ4v) is 3.38. The summed E-state index contributed by atoms with van der Waals surface area (Å²) in [6.07, 6.45) is -4.63. The van der Waals surface area contributed by atoms with Crippen LogP contribution in [0.25, 0.3) is 0 Å². The zero-order valence-corrected chi connectivity index (χ0v) is 13.3. The second-order valence-electron chi connectivity index (χ2n) is 6.20. The molecule has 0 bridgehead atoms. The Labute approximate surface area is 142 Å². The third-order valence-corrected chi connectivity index (χ3v) is 4.64. The first-order valence-corrected chi connectivity index (χ1v) is 8.02. The van der Waals surface area contributed by atoms with Gasteiger partial charge in [-0.1, -0.05) is 36.4 Å². The van der Waals surface area contributed by atoms with Crippen LogP contribution in [0.5, 0.6) is 0 Å². The maximum atomic E-state index is 13.6. The number of fused-ring (bicyclic) bond motifs is 1. The van der Waals surface area contributed by atoms with E-state index in [2.05, 4.69) is 0 Å². The SMILES string of the molecule is O=C(C[C@H]1OC(=O)[C@@]2(C(F)(F)F)CCCC=C12)OCc1ccccc1. The van der Waals surface area contributed by atoms with Crippen molar-refractivity contribution in [3.05, 3.63) is 47.5 Å². The summed E-state index contributed by atoms with van der Waals surface area (Å²) < 4.78 is 50.7. The Hall–Kier alpha value is -2.31. The molecule has 0 spiro atoms. The number of hydrogen-bond donors (Lipinski definition) is 0. The Morgan fingerprint density at radius 2 is 2.00 bits per heavy atom. The standard InChI is InChI=1S/C18H17F3O4/c19-18(20,21)17-9-5-4-8-13(17)14(25-16(17)23)10-15(22)24-11-12-6-2-1-3-7-12/h1-3,6-8,14H,4-5,9-11H2/t14-,17-/m1/s1. The van der Waals surface area contributed by atoms with Crippen LogP contribution in [0.15, 0.2) is 42.0 Å². The third-order valence-electron chi connectivity index (χ3n) is 4.64. The fraction of sp³-hybridized carbons (Fsp3) is 0.444. The Bertz CT molecular complexity index is 696. The van der Waals surface area contributed by atoms with Crippen LogP contribution < -0.4 is 0 Å². The van der Waals surface area contributed by atoms with Crippen molar-refractivity contribution in [1.29, 1.82) is 0 Å². The monoisotopic (exact) mass is 354 g/mol. The number of allylic oxidation sites excluding steroid dienone is 1.